The molecule has 1 aromatic carbocycles. The highest BCUT2D eigenvalue weighted by atomic mass is 16.2. The molecular weight excluding hydrogens is 178 g/mol. The SMILES string of the molecule is C[C@@H](/C=N\NC(N)=O)c1ccccc1. The number of hydrogen-bond acceptors (Lipinski definition) is 2. The number of carbonyl (C=O) groups excluding carboxylic acids is 1. The first kappa shape index (κ1) is 10.2. The molecule has 4 nitrogen and oxygen atoms in total. The van der Waals surface area contributed by atoms with E-state index in [1.807, 2.05) is 37.3 Å². The van der Waals surface area contributed by atoms with Crippen LogP contribution in [0.4, 0.5) is 4.79 Å². The lowest BCUT2D eigenvalue weighted by atomic mass is 10.0. The van der Waals surface area contributed by atoms with Crippen LogP contribution < -0.4 is 11.2 Å². The van der Waals surface area contributed by atoms with Gasteiger partial charge in [0.05, 0.1) is 0 Å². The summed E-state index contributed by atoms with van der Waals surface area (Å²) in [6.07, 6.45) is 1.64. The lowest BCUT2D eigenvalue weighted by Gasteiger charge is -2.04. The van der Waals surface area contributed by atoms with Gasteiger partial charge in [-0.2, -0.15) is 5.10 Å². The molecule has 0 aliphatic heterocycles. The molecular formula is C10H13N3O. The second-order valence-electron chi connectivity index (χ2n) is 2.95. The van der Waals surface area contributed by atoms with Gasteiger partial charge >= 0.3 is 6.03 Å². The minimum Gasteiger partial charge on any atom is -0.350 e. The quantitative estimate of drug-likeness (QED) is 0.551. The van der Waals surface area contributed by atoms with Gasteiger partial charge in [0, 0.05) is 12.1 Å². The predicted molar refractivity (Wildman–Crippen MR) is 56.1 cm³/mol. The Hall–Kier alpha value is -1.84. The van der Waals surface area contributed by atoms with Crippen molar-refractivity contribution in [3.63, 3.8) is 0 Å². The van der Waals surface area contributed by atoms with Gasteiger partial charge in [0.1, 0.15) is 0 Å². The highest BCUT2D eigenvalue weighted by molar-refractivity contribution is 5.74. The predicted octanol–water partition coefficient (Wildman–Crippen LogP) is 1.44. The first-order chi connectivity index (χ1) is 6.70. The third-order valence-electron chi connectivity index (χ3n) is 1.80. The number of nitrogens with two attached hydrogens (primary N) is 1. The van der Waals surface area contributed by atoms with Gasteiger partial charge in [-0.05, 0) is 5.56 Å². The van der Waals surface area contributed by atoms with E-state index >= 15 is 0 Å². The number of hydrogen-bond donors (Lipinski definition) is 2. The number of amides is 2. The number of nitrogens with zero attached hydrogens (tertiary/aromatic N) is 1. The van der Waals surface area contributed by atoms with Crippen LogP contribution in [0.2, 0.25) is 0 Å². The van der Waals surface area contributed by atoms with E-state index in [0.717, 1.165) is 5.56 Å². The minimum absolute atomic E-state index is 0.156. The van der Waals surface area contributed by atoms with Crippen molar-refractivity contribution >= 4 is 12.2 Å². The van der Waals surface area contributed by atoms with Crippen LogP contribution in [0, 0.1) is 0 Å². The fraction of sp³-hybridized carbons (Fsp3) is 0.200. The number of urea groups is 1. The van der Waals surface area contributed by atoms with Gasteiger partial charge in [0.15, 0.2) is 0 Å². The van der Waals surface area contributed by atoms with Crippen molar-refractivity contribution in [2.45, 2.75) is 12.8 Å². The average molecular weight is 191 g/mol. The van der Waals surface area contributed by atoms with Gasteiger partial charge in [0.25, 0.3) is 0 Å². The van der Waals surface area contributed by atoms with Crippen molar-refractivity contribution in [2.75, 3.05) is 0 Å². The summed E-state index contributed by atoms with van der Waals surface area (Å²) < 4.78 is 0. The van der Waals surface area contributed by atoms with Crippen molar-refractivity contribution in [3.05, 3.63) is 35.9 Å². The Morgan fingerprint density at radius 2 is 2.14 bits per heavy atom. The molecule has 0 aliphatic carbocycles. The van der Waals surface area contributed by atoms with Gasteiger partial charge in [0.2, 0.25) is 0 Å². The monoisotopic (exact) mass is 191 g/mol. The Labute approximate surface area is 82.8 Å². The molecule has 0 unspecified atom stereocenters. The van der Waals surface area contributed by atoms with Crippen LogP contribution in [0.15, 0.2) is 35.4 Å². The molecule has 3 N–H and O–H groups in total. The summed E-state index contributed by atoms with van der Waals surface area (Å²) in [4.78, 5) is 10.3. The Morgan fingerprint density at radius 3 is 2.71 bits per heavy atom. The number of hydrazone groups is 1. The maximum atomic E-state index is 10.3. The van der Waals surface area contributed by atoms with Crippen molar-refractivity contribution in [2.24, 2.45) is 10.8 Å². The van der Waals surface area contributed by atoms with Crippen LogP contribution in [-0.2, 0) is 0 Å². The summed E-state index contributed by atoms with van der Waals surface area (Å²) in [5, 5.41) is 3.70. The number of nitrogens with one attached hydrogen (secondary N) is 1. The number of primary amides is 1. The van der Waals surface area contributed by atoms with E-state index in [4.69, 9.17) is 5.73 Å². The van der Waals surface area contributed by atoms with Crippen LogP contribution in [0.25, 0.3) is 0 Å². The molecule has 0 heterocycles. The molecule has 14 heavy (non-hydrogen) atoms. The molecule has 0 aromatic heterocycles. The van der Waals surface area contributed by atoms with Crippen LogP contribution in [0.3, 0.4) is 0 Å². The molecule has 1 rings (SSSR count). The molecule has 0 aliphatic rings. The zero-order valence-electron chi connectivity index (χ0n) is 7.97. The zero-order valence-corrected chi connectivity index (χ0v) is 7.97. The highest BCUT2D eigenvalue weighted by Gasteiger charge is 1.99. The second-order valence-corrected chi connectivity index (χ2v) is 2.95. The fourth-order valence-electron chi connectivity index (χ4n) is 1.06. The minimum atomic E-state index is -0.651. The van der Waals surface area contributed by atoms with Crippen LogP contribution in [-0.4, -0.2) is 12.2 Å². The van der Waals surface area contributed by atoms with Gasteiger partial charge in [-0.15, -0.1) is 0 Å². The van der Waals surface area contributed by atoms with Crippen molar-refractivity contribution < 1.29 is 4.79 Å². The maximum absolute atomic E-state index is 10.3. The molecule has 1 atom stereocenters. The molecule has 0 fully saturated rings. The summed E-state index contributed by atoms with van der Waals surface area (Å²) in [7, 11) is 0. The fourth-order valence-corrected chi connectivity index (χ4v) is 1.06. The lowest BCUT2D eigenvalue weighted by Crippen LogP contribution is -2.24. The standard InChI is InChI=1S/C10H13N3O/c1-8(7-12-13-10(11)14)9-5-3-2-4-6-9/h2-8H,1H3,(H3,11,13,14)/b12-7-/t8-/m0/s1. The third-order valence-corrected chi connectivity index (χ3v) is 1.80. The van der Waals surface area contributed by atoms with E-state index in [1.54, 1.807) is 6.21 Å². The topological polar surface area (TPSA) is 67.5 Å². The van der Waals surface area contributed by atoms with E-state index in [1.165, 1.54) is 0 Å². The highest BCUT2D eigenvalue weighted by Crippen LogP contribution is 2.11. The van der Waals surface area contributed by atoms with Gasteiger partial charge < -0.3 is 5.73 Å². The largest absolute Gasteiger partial charge is 0.350 e. The second kappa shape index (κ2) is 5.01. The van der Waals surface area contributed by atoms with Crippen molar-refractivity contribution in [1.29, 1.82) is 0 Å². The van der Waals surface area contributed by atoms with E-state index in [2.05, 4.69) is 10.5 Å². The summed E-state index contributed by atoms with van der Waals surface area (Å²) in [6.45, 7) is 1.99. The Kier molecular flexibility index (Phi) is 3.67. The Balaban J connectivity index is 2.54. The molecule has 74 valence electrons. The lowest BCUT2D eigenvalue weighted by molar-refractivity contribution is 0.249. The summed E-state index contributed by atoms with van der Waals surface area (Å²) in [5.74, 6) is 0.156. The van der Waals surface area contributed by atoms with E-state index in [-0.39, 0.29) is 5.92 Å². The summed E-state index contributed by atoms with van der Waals surface area (Å²) in [6, 6.07) is 9.22. The molecule has 2 amide bonds. The molecule has 0 spiro atoms. The molecule has 4 heteroatoms. The normalized spacial score (nSPS) is 12.6. The number of carbonyl (C=O) groups is 1. The van der Waals surface area contributed by atoms with Gasteiger partial charge in [-0.25, -0.2) is 10.2 Å². The van der Waals surface area contributed by atoms with Gasteiger partial charge in [-0.1, -0.05) is 37.3 Å². The average Bonchev–Trinajstić information content (AvgIpc) is 2.18. The number of rotatable bonds is 3. The van der Waals surface area contributed by atoms with E-state index in [9.17, 15) is 4.79 Å². The van der Waals surface area contributed by atoms with Crippen LogP contribution in [0.1, 0.15) is 18.4 Å². The van der Waals surface area contributed by atoms with Crippen LogP contribution >= 0.6 is 0 Å². The first-order valence-corrected chi connectivity index (χ1v) is 4.33. The summed E-state index contributed by atoms with van der Waals surface area (Å²) in [5.41, 5.74) is 8.15. The summed E-state index contributed by atoms with van der Waals surface area (Å²) >= 11 is 0. The van der Waals surface area contributed by atoms with E-state index < -0.39 is 6.03 Å². The molecule has 1 aromatic rings. The first-order valence-electron chi connectivity index (χ1n) is 4.33. The molecule has 0 bridgehead atoms. The van der Waals surface area contributed by atoms with Gasteiger partial charge in [-0.3, -0.25) is 0 Å². The van der Waals surface area contributed by atoms with E-state index in [0.29, 0.717) is 0 Å². The number of benzene rings is 1. The zero-order chi connectivity index (χ0) is 10.4. The Bertz CT molecular complexity index is 321. The third kappa shape index (κ3) is 3.26. The van der Waals surface area contributed by atoms with Crippen LogP contribution in [0.5, 0.6) is 0 Å². The molecule has 0 radical (unpaired) electrons. The molecule has 0 saturated heterocycles. The smallest absolute Gasteiger partial charge is 0.332 e. The molecule has 0 saturated carbocycles. The van der Waals surface area contributed by atoms with Crippen molar-refractivity contribution in [3.8, 4) is 0 Å². The van der Waals surface area contributed by atoms with Crippen molar-refractivity contribution in [1.82, 2.24) is 5.43 Å². The Morgan fingerprint density at radius 1 is 1.50 bits per heavy atom. The maximum Gasteiger partial charge on any atom is 0.332 e.